The lowest BCUT2D eigenvalue weighted by Crippen LogP contribution is -2.33. The Morgan fingerprint density at radius 2 is 2.06 bits per heavy atom. The van der Waals surface area contributed by atoms with Crippen LogP contribution in [-0.2, 0) is 15.5 Å². The molecule has 1 heterocycles. The summed E-state index contributed by atoms with van der Waals surface area (Å²) in [5.41, 5.74) is 5.73. The first kappa shape index (κ1) is 14.5. The zero-order valence-corrected chi connectivity index (χ0v) is 12.3. The second-order valence-electron chi connectivity index (χ2n) is 6.14. The first-order chi connectivity index (χ1) is 8.63. The molecule has 0 aromatic rings. The van der Waals surface area contributed by atoms with Crippen LogP contribution in [0.25, 0.3) is 0 Å². The highest BCUT2D eigenvalue weighted by Gasteiger charge is 2.41. The maximum Gasteiger partial charge on any atom is 0.0698 e. The summed E-state index contributed by atoms with van der Waals surface area (Å²) >= 11 is 0. The van der Waals surface area contributed by atoms with Crippen molar-refractivity contribution in [3.8, 4) is 0 Å². The summed E-state index contributed by atoms with van der Waals surface area (Å²) < 4.78 is 18.3. The van der Waals surface area contributed by atoms with Gasteiger partial charge < -0.3 is 10.5 Å². The first-order valence-electron chi connectivity index (χ1n) is 7.36. The van der Waals surface area contributed by atoms with Crippen LogP contribution in [0.2, 0.25) is 0 Å². The summed E-state index contributed by atoms with van der Waals surface area (Å²) in [6.45, 7) is 2.69. The van der Waals surface area contributed by atoms with Crippen LogP contribution in [-0.4, -0.2) is 34.0 Å². The molecule has 3 atom stereocenters. The minimum absolute atomic E-state index is 0.159. The van der Waals surface area contributed by atoms with Crippen LogP contribution in [0.3, 0.4) is 0 Å². The fourth-order valence-electron chi connectivity index (χ4n) is 3.24. The largest absolute Gasteiger partial charge is 0.371 e. The average molecular weight is 273 g/mol. The molecule has 2 fully saturated rings. The van der Waals surface area contributed by atoms with Crippen LogP contribution >= 0.6 is 0 Å². The maximum atomic E-state index is 12.0. The van der Waals surface area contributed by atoms with Crippen molar-refractivity contribution in [2.24, 2.45) is 11.7 Å². The molecule has 3 nitrogen and oxygen atoms in total. The number of rotatable bonds is 5. The van der Waals surface area contributed by atoms with E-state index in [1.54, 1.807) is 0 Å². The molecule has 1 saturated heterocycles. The lowest BCUT2D eigenvalue weighted by molar-refractivity contribution is -0.0557. The van der Waals surface area contributed by atoms with Crippen LogP contribution in [0.15, 0.2) is 0 Å². The third-order valence-electron chi connectivity index (χ3n) is 4.35. The summed E-state index contributed by atoms with van der Waals surface area (Å²) in [7, 11) is -0.766. The SMILES string of the molecule is CC(CN)CS(=O)CC1CCC2(CCCCC2)O1. The highest BCUT2D eigenvalue weighted by atomic mass is 32.2. The first-order valence-corrected chi connectivity index (χ1v) is 8.85. The average Bonchev–Trinajstić information content (AvgIpc) is 2.72. The van der Waals surface area contributed by atoms with Gasteiger partial charge in [0, 0.05) is 22.3 Å². The van der Waals surface area contributed by atoms with Gasteiger partial charge >= 0.3 is 0 Å². The van der Waals surface area contributed by atoms with Crippen LogP contribution in [0.5, 0.6) is 0 Å². The van der Waals surface area contributed by atoms with Crippen molar-refractivity contribution in [2.75, 3.05) is 18.1 Å². The predicted octanol–water partition coefficient (Wildman–Crippen LogP) is 2.21. The molecule has 0 radical (unpaired) electrons. The minimum Gasteiger partial charge on any atom is -0.371 e. The van der Waals surface area contributed by atoms with Crippen LogP contribution < -0.4 is 5.73 Å². The smallest absolute Gasteiger partial charge is 0.0698 e. The van der Waals surface area contributed by atoms with Gasteiger partial charge in [0.2, 0.25) is 0 Å². The maximum absolute atomic E-state index is 12.0. The Hall–Kier alpha value is 0.0700. The Balaban J connectivity index is 1.76. The second-order valence-corrected chi connectivity index (χ2v) is 7.68. The third kappa shape index (κ3) is 3.78. The Labute approximate surface area is 113 Å². The van der Waals surface area contributed by atoms with E-state index in [-0.39, 0.29) is 11.7 Å². The van der Waals surface area contributed by atoms with Gasteiger partial charge in [0.25, 0.3) is 0 Å². The zero-order chi connectivity index (χ0) is 13.0. The highest BCUT2D eigenvalue weighted by molar-refractivity contribution is 7.85. The van der Waals surface area contributed by atoms with Crippen LogP contribution in [0.1, 0.15) is 51.9 Å². The number of hydrogen-bond donors (Lipinski definition) is 1. The standard InChI is InChI=1S/C14H27NO2S/c1-12(9-15)10-18(16)11-13-5-8-14(17-13)6-3-2-4-7-14/h12-13H,2-11,15H2,1H3. The zero-order valence-electron chi connectivity index (χ0n) is 11.5. The van der Waals surface area contributed by atoms with Crippen LogP contribution in [0, 0.1) is 5.92 Å². The quantitative estimate of drug-likeness (QED) is 0.835. The summed E-state index contributed by atoms with van der Waals surface area (Å²) in [6.07, 6.45) is 8.92. The molecule has 2 N–H and O–H groups in total. The topological polar surface area (TPSA) is 52.3 Å². The molecule has 2 rings (SSSR count). The molecular formula is C14H27NO2S. The van der Waals surface area contributed by atoms with E-state index < -0.39 is 10.8 Å². The number of ether oxygens (including phenoxy) is 1. The monoisotopic (exact) mass is 273 g/mol. The van der Waals surface area contributed by atoms with Gasteiger partial charge in [-0.1, -0.05) is 26.2 Å². The molecule has 1 aliphatic carbocycles. The van der Waals surface area contributed by atoms with E-state index in [0.717, 1.165) is 12.2 Å². The van der Waals surface area contributed by atoms with Crippen molar-refractivity contribution < 1.29 is 8.95 Å². The summed E-state index contributed by atoms with van der Waals surface area (Å²) in [6, 6.07) is 0. The molecule has 0 aromatic carbocycles. The van der Waals surface area contributed by atoms with E-state index in [9.17, 15) is 4.21 Å². The van der Waals surface area contributed by atoms with E-state index in [2.05, 4.69) is 6.92 Å². The third-order valence-corrected chi connectivity index (χ3v) is 6.03. The van der Waals surface area contributed by atoms with Crippen molar-refractivity contribution in [3.63, 3.8) is 0 Å². The molecule has 106 valence electrons. The second kappa shape index (κ2) is 6.49. The summed E-state index contributed by atoms with van der Waals surface area (Å²) in [4.78, 5) is 0. The van der Waals surface area contributed by atoms with E-state index >= 15 is 0 Å². The summed E-state index contributed by atoms with van der Waals surface area (Å²) in [5.74, 6) is 1.80. The normalized spacial score (nSPS) is 30.4. The van der Waals surface area contributed by atoms with Crippen molar-refractivity contribution >= 4 is 10.8 Å². The van der Waals surface area contributed by atoms with E-state index in [1.165, 1.54) is 38.5 Å². The van der Waals surface area contributed by atoms with E-state index in [1.807, 2.05) is 0 Å². The fraction of sp³-hybridized carbons (Fsp3) is 1.00. The molecule has 1 aliphatic heterocycles. The Bertz CT molecular complexity index is 290. The van der Waals surface area contributed by atoms with Crippen molar-refractivity contribution in [3.05, 3.63) is 0 Å². The highest BCUT2D eigenvalue weighted by Crippen LogP contribution is 2.41. The minimum atomic E-state index is -0.766. The van der Waals surface area contributed by atoms with Crippen molar-refractivity contribution in [2.45, 2.75) is 63.6 Å². The van der Waals surface area contributed by atoms with Gasteiger partial charge in [0.05, 0.1) is 11.7 Å². The Kier molecular flexibility index (Phi) is 5.22. The molecule has 4 heteroatoms. The van der Waals surface area contributed by atoms with Crippen molar-refractivity contribution in [1.29, 1.82) is 0 Å². The van der Waals surface area contributed by atoms with Gasteiger partial charge in [-0.05, 0) is 38.1 Å². The number of hydrogen-bond acceptors (Lipinski definition) is 3. The fourth-order valence-corrected chi connectivity index (χ4v) is 4.79. The Morgan fingerprint density at radius 3 is 2.72 bits per heavy atom. The van der Waals surface area contributed by atoms with Gasteiger partial charge in [-0.25, -0.2) is 0 Å². The van der Waals surface area contributed by atoms with E-state index in [4.69, 9.17) is 10.5 Å². The van der Waals surface area contributed by atoms with Gasteiger partial charge in [-0.3, -0.25) is 4.21 Å². The molecule has 0 aromatic heterocycles. The molecule has 0 bridgehead atoms. The molecule has 3 unspecified atom stereocenters. The van der Waals surface area contributed by atoms with Gasteiger partial charge in [0.1, 0.15) is 0 Å². The molecule has 1 spiro atoms. The van der Waals surface area contributed by atoms with Gasteiger partial charge in [0.15, 0.2) is 0 Å². The van der Waals surface area contributed by atoms with E-state index in [0.29, 0.717) is 18.2 Å². The molecule has 2 aliphatic rings. The molecule has 1 saturated carbocycles. The lowest BCUT2D eigenvalue weighted by atomic mass is 9.83. The molecular weight excluding hydrogens is 246 g/mol. The molecule has 0 amide bonds. The van der Waals surface area contributed by atoms with Gasteiger partial charge in [-0.2, -0.15) is 0 Å². The molecule has 18 heavy (non-hydrogen) atoms. The van der Waals surface area contributed by atoms with Crippen molar-refractivity contribution in [1.82, 2.24) is 0 Å². The van der Waals surface area contributed by atoms with Crippen LogP contribution in [0.4, 0.5) is 0 Å². The van der Waals surface area contributed by atoms with Gasteiger partial charge in [-0.15, -0.1) is 0 Å². The Morgan fingerprint density at radius 1 is 1.33 bits per heavy atom. The summed E-state index contributed by atoms with van der Waals surface area (Å²) in [5, 5.41) is 0. The lowest BCUT2D eigenvalue weighted by Gasteiger charge is -2.33. The number of nitrogens with two attached hydrogens (primary N) is 1. The predicted molar refractivity (Wildman–Crippen MR) is 76.0 cm³/mol.